The number of hydrogen-bond donors (Lipinski definition) is 0. The summed E-state index contributed by atoms with van der Waals surface area (Å²) in [5.41, 5.74) is 8.59. The summed E-state index contributed by atoms with van der Waals surface area (Å²) in [6, 6.07) is 61.4. The van der Waals surface area contributed by atoms with Gasteiger partial charge in [0.2, 0.25) is 0 Å². The van der Waals surface area contributed by atoms with Crippen LogP contribution in [-0.2, 0) is 0 Å². The predicted molar refractivity (Wildman–Crippen MR) is 207 cm³/mol. The van der Waals surface area contributed by atoms with Crippen LogP contribution in [0, 0.1) is 0 Å². The Labute approximate surface area is 288 Å². The van der Waals surface area contributed by atoms with E-state index in [1.54, 1.807) is 0 Å². The molecule has 0 fully saturated rings. The average Bonchev–Trinajstić information content (AvgIpc) is 3.57. The third kappa shape index (κ3) is 4.54. The van der Waals surface area contributed by atoms with Gasteiger partial charge >= 0.3 is 0 Å². The van der Waals surface area contributed by atoms with Crippen LogP contribution in [0.15, 0.2) is 180 Å². The molecule has 0 atom stereocenters. The van der Waals surface area contributed by atoms with Crippen LogP contribution in [0.25, 0.3) is 77.0 Å². The van der Waals surface area contributed by atoms with Gasteiger partial charge in [-0.2, -0.15) is 0 Å². The molecule has 0 aliphatic carbocycles. The second kappa shape index (κ2) is 11.4. The van der Waals surface area contributed by atoms with Crippen molar-refractivity contribution in [3.8, 4) is 22.6 Å². The first-order valence-corrected chi connectivity index (χ1v) is 16.8. The minimum Gasteiger partial charge on any atom is -0.455 e. The molecule has 0 aliphatic rings. The maximum Gasteiger partial charge on any atom is 0.164 e. The Balaban J connectivity index is 1.24. The summed E-state index contributed by atoms with van der Waals surface area (Å²) in [5, 5.41) is 7.64. The topological polar surface area (TPSA) is 42.2 Å². The summed E-state index contributed by atoms with van der Waals surface area (Å²) in [6.07, 6.45) is 0. The standard InChI is InChI=1S/C46H29N3O/c1-3-15-31(16-4-1)43-38-22-11-12-25-41(38)47-46(48-43)39-24-13-23-37-40-29-42(35-20-9-10-21-36(35)45(40)50-44(37)39)49(33-18-5-2-6-19-33)34-27-26-30-14-7-8-17-32(30)28-34/h1-29H. The van der Waals surface area contributed by atoms with E-state index in [0.29, 0.717) is 5.82 Å². The Hall–Kier alpha value is -6.78. The number of benzene rings is 8. The van der Waals surface area contributed by atoms with E-state index in [2.05, 4.69) is 150 Å². The van der Waals surface area contributed by atoms with Crippen LogP contribution >= 0.6 is 0 Å². The highest BCUT2D eigenvalue weighted by Crippen LogP contribution is 2.46. The number of fused-ring (bicyclic) bond motifs is 7. The molecular formula is C46H29N3O. The molecule has 0 saturated heterocycles. The molecule has 2 heterocycles. The van der Waals surface area contributed by atoms with Crippen molar-refractivity contribution in [1.82, 2.24) is 9.97 Å². The van der Waals surface area contributed by atoms with Gasteiger partial charge in [-0.3, -0.25) is 0 Å². The number of rotatable bonds is 5. The molecule has 4 heteroatoms. The SMILES string of the molecule is c1ccc(-c2nc(-c3cccc4c3oc3c5ccccc5c(N(c5ccccc5)c5ccc6ccccc6c5)cc43)nc3ccccc23)cc1. The van der Waals surface area contributed by atoms with Gasteiger partial charge < -0.3 is 9.32 Å². The highest BCUT2D eigenvalue weighted by Gasteiger charge is 2.22. The normalized spacial score (nSPS) is 11.6. The monoisotopic (exact) mass is 639 g/mol. The lowest BCUT2D eigenvalue weighted by Gasteiger charge is -2.27. The van der Waals surface area contributed by atoms with Gasteiger partial charge in [-0.1, -0.05) is 133 Å². The molecule has 0 radical (unpaired) electrons. The second-order valence-corrected chi connectivity index (χ2v) is 12.6. The summed E-state index contributed by atoms with van der Waals surface area (Å²) in [6.45, 7) is 0. The highest BCUT2D eigenvalue weighted by molar-refractivity contribution is 6.21. The Morgan fingerprint density at radius 3 is 1.92 bits per heavy atom. The highest BCUT2D eigenvalue weighted by atomic mass is 16.3. The van der Waals surface area contributed by atoms with E-state index in [1.165, 1.54) is 10.8 Å². The van der Waals surface area contributed by atoms with Crippen LogP contribution in [0.1, 0.15) is 0 Å². The molecular weight excluding hydrogens is 611 g/mol. The van der Waals surface area contributed by atoms with Gasteiger partial charge in [0.25, 0.3) is 0 Å². The maximum absolute atomic E-state index is 6.91. The lowest BCUT2D eigenvalue weighted by Crippen LogP contribution is -2.10. The summed E-state index contributed by atoms with van der Waals surface area (Å²) < 4.78 is 6.91. The Kier molecular flexibility index (Phi) is 6.46. The summed E-state index contributed by atoms with van der Waals surface area (Å²) in [4.78, 5) is 12.6. The van der Waals surface area contributed by atoms with E-state index in [-0.39, 0.29) is 0 Å². The minimum atomic E-state index is 0.638. The number of furan rings is 1. The van der Waals surface area contributed by atoms with Gasteiger partial charge in [-0.15, -0.1) is 0 Å². The van der Waals surface area contributed by atoms with Crippen LogP contribution in [0.5, 0.6) is 0 Å². The Bertz CT molecular complexity index is 2880. The van der Waals surface area contributed by atoms with Crippen LogP contribution in [0.4, 0.5) is 17.1 Å². The van der Waals surface area contributed by atoms with Crippen LogP contribution in [0.3, 0.4) is 0 Å². The van der Waals surface area contributed by atoms with E-state index < -0.39 is 0 Å². The van der Waals surface area contributed by atoms with Gasteiger partial charge in [0.1, 0.15) is 11.2 Å². The lowest BCUT2D eigenvalue weighted by atomic mass is 10.0. The van der Waals surface area contributed by atoms with E-state index in [0.717, 1.165) is 77.5 Å². The first-order valence-electron chi connectivity index (χ1n) is 16.8. The van der Waals surface area contributed by atoms with Crippen LogP contribution in [-0.4, -0.2) is 9.97 Å². The number of nitrogens with zero attached hydrogens (tertiary/aromatic N) is 3. The molecule has 4 nitrogen and oxygen atoms in total. The number of para-hydroxylation sites is 3. The lowest BCUT2D eigenvalue weighted by molar-refractivity contribution is 0.673. The van der Waals surface area contributed by atoms with Crippen LogP contribution < -0.4 is 4.90 Å². The molecule has 0 N–H and O–H groups in total. The third-order valence-corrected chi connectivity index (χ3v) is 9.62. The summed E-state index contributed by atoms with van der Waals surface area (Å²) in [5.74, 6) is 0.638. The fourth-order valence-corrected chi connectivity index (χ4v) is 7.30. The fourth-order valence-electron chi connectivity index (χ4n) is 7.30. The molecule has 10 rings (SSSR count). The zero-order chi connectivity index (χ0) is 33.0. The Morgan fingerprint density at radius 1 is 0.420 bits per heavy atom. The van der Waals surface area contributed by atoms with Crippen molar-refractivity contribution in [3.05, 3.63) is 176 Å². The molecule has 8 aromatic carbocycles. The minimum absolute atomic E-state index is 0.638. The quantitative estimate of drug-likeness (QED) is 0.188. The maximum atomic E-state index is 6.91. The van der Waals surface area contributed by atoms with Gasteiger partial charge in [0.15, 0.2) is 5.82 Å². The number of aromatic nitrogens is 2. The molecule has 0 aliphatic heterocycles. The van der Waals surface area contributed by atoms with Crippen molar-refractivity contribution < 1.29 is 4.42 Å². The molecule has 0 amide bonds. The molecule has 0 unspecified atom stereocenters. The largest absolute Gasteiger partial charge is 0.455 e. The van der Waals surface area contributed by atoms with E-state index in [4.69, 9.17) is 14.4 Å². The van der Waals surface area contributed by atoms with E-state index in [1.807, 2.05) is 30.3 Å². The first-order chi connectivity index (χ1) is 24.8. The third-order valence-electron chi connectivity index (χ3n) is 9.62. The molecule has 0 bridgehead atoms. The summed E-state index contributed by atoms with van der Waals surface area (Å²) in [7, 11) is 0. The number of hydrogen-bond acceptors (Lipinski definition) is 4. The van der Waals surface area contributed by atoms with Crippen molar-refractivity contribution >= 4 is 71.4 Å². The molecule has 0 spiro atoms. The zero-order valence-electron chi connectivity index (χ0n) is 27.0. The van der Waals surface area contributed by atoms with Crippen molar-refractivity contribution in [1.29, 1.82) is 0 Å². The van der Waals surface area contributed by atoms with E-state index in [9.17, 15) is 0 Å². The van der Waals surface area contributed by atoms with Crippen molar-refractivity contribution in [2.24, 2.45) is 0 Å². The summed E-state index contributed by atoms with van der Waals surface area (Å²) >= 11 is 0. The second-order valence-electron chi connectivity index (χ2n) is 12.6. The van der Waals surface area contributed by atoms with Gasteiger partial charge in [0.05, 0.1) is 22.5 Å². The van der Waals surface area contributed by atoms with E-state index >= 15 is 0 Å². The molecule has 10 aromatic rings. The molecule has 2 aromatic heterocycles. The van der Waals surface area contributed by atoms with Gasteiger partial charge in [0, 0.05) is 43.9 Å². The Morgan fingerprint density at radius 2 is 1.08 bits per heavy atom. The average molecular weight is 640 g/mol. The van der Waals surface area contributed by atoms with Gasteiger partial charge in [-0.05, 0) is 53.2 Å². The molecule has 0 saturated carbocycles. The number of anilines is 3. The van der Waals surface area contributed by atoms with Crippen molar-refractivity contribution in [2.45, 2.75) is 0 Å². The molecule has 50 heavy (non-hydrogen) atoms. The van der Waals surface area contributed by atoms with Crippen LogP contribution in [0.2, 0.25) is 0 Å². The van der Waals surface area contributed by atoms with Crippen molar-refractivity contribution in [2.75, 3.05) is 4.90 Å². The smallest absolute Gasteiger partial charge is 0.164 e. The first kappa shape index (κ1) is 28.3. The zero-order valence-corrected chi connectivity index (χ0v) is 27.0. The fraction of sp³-hybridized carbons (Fsp3) is 0. The van der Waals surface area contributed by atoms with Crippen molar-refractivity contribution in [3.63, 3.8) is 0 Å². The predicted octanol–water partition coefficient (Wildman–Crippen LogP) is 12.6. The molecule has 234 valence electrons. The van der Waals surface area contributed by atoms with Gasteiger partial charge in [-0.25, -0.2) is 9.97 Å².